The van der Waals surface area contributed by atoms with E-state index in [0.29, 0.717) is 17.5 Å². The van der Waals surface area contributed by atoms with Crippen molar-refractivity contribution in [2.75, 3.05) is 0 Å². The lowest BCUT2D eigenvalue weighted by atomic mass is 9.99. The van der Waals surface area contributed by atoms with Crippen molar-refractivity contribution in [3.05, 3.63) is 243 Å². The van der Waals surface area contributed by atoms with Gasteiger partial charge < -0.3 is 8.98 Å². The van der Waals surface area contributed by atoms with Gasteiger partial charge >= 0.3 is 0 Å². The molecule has 13 aromatic rings. The molecule has 0 amide bonds. The highest BCUT2D eigenvalue weighted by molar-refractivity contribution is 6.12. The van der Waals surface area contributed by atoms with E-state index in [0.717, 1.165) is 77.6 Å². The van der Waals surface area contributed by atoms with Crippen molar-refractivity contribution in [3.63, 3.8) is 0 Å². The smallest absolute Gasteiger partial charge is 0.164 e. The molecule has 0 aliphatic heterocycles. The molecule has 0 unspecified atom stereocenters. The lowest BCUT2D eigenvalue weighted by Crippen LogP contribution is -2.02. The van der Waals surface area contributed by atoms with Gasteiger partial charge in [0.15, 0.2) is 17.5 Å². The van der Waals surface area contributed by atoms with Crippen molar-refractivity contribution in [1.29, 1.82) is 0 Å². The van der Waals surface area contributed by atoms with Crippen LogP contribution in [0.4, 0.5) is 0 Å². The van der Waals surface area contributed by atoms with Crippen LogP contribution in [0.5, 0.6) is 0 Å². The van der Waals surface area contributed by atoms with Crippen LogP contribution < -0.4 is 0 Å². The molecule has 0 bridgehead atoms. The van der Waals surface area contributed by atoms with Crippen LogP contribution in [0.3, 0.4) is 0 Å². The molecule has 0 N–H and O–H groups in total. The molecule has 0 spiro atoms. The van der Waals surface area contributed by atoms with Gasteiger partial charge in [0.2, 0.25) is 0 Å². The Balaban J connectivity index is 1.01. The number of rotatable bonds is 8. The van der Waals surface area contributed by atoms with Crippen molar-refractivity contribution >= 4 is 43.7 Å². The minimum Gasteiger partial charge on any atom is -0.456 e. The molecule has 0 aliphatic carbocycles. The van der Waals surface area contributed by atoms with Gasteiger partial charge in [0.1, 0.15) is 11.2 Å². The molecule has 5 heteroatoms. The molecule has 318 valence electrons. The highest BCUT2D eigenvalue weighted by Crippen LogP contribution is 2.41. The molecule has 0 radical (unpaired) electrons. The van der Waals surface area contributed by atoms with Crippen LogP contribution in [0, 0.1) is 0 Å². The molecule has 0 saturated carbocycles. The highest BCUT2D eigenvalue weighted by atomic mass is 16.3. The third-order valence-corrected chi connectivity index (χ3v) is 13.1. The zero-order chi connectivity index (χ0) is 45.0. The monoisotopic (exact) mass is 868 g/mol. The van der Waals surface area contributed by atoms with E-state index < -0.39 is 0 Å². The Morgan fingerprint density at radius 3 is 1.26 bits per heavy atom. The molecular weight excluding hydrogens is 829 g/mol. The number of fused-ring (bicyclic) bond motifs is 6. The predicted octanol–water partition coefficient (Wildman–Crippen LogP) is 16.5. The number of hydrogen-bond acceptors (Lipinski definition) is 4. The first-order chi connectivity index (χ1) is 33.7. The molecule has 68 heavy (non-hydrogen) atoms. The Morgan fingerprint density at radius 1 is 0.265 bits per heavy atom. The summed E-state index contributed by atoms with van der Waals surface area (Å²) >= 11 is 0. The van der Waals surface area contributed by atoms with E-state index in [4.69, 9.17) is 19.4 Å². The zero-order valence-corrected chi connectivity index (χ0v) is 36.8. The summed E-state index contributed by atoms with van der Waals surface area (Å²) < 4.78 is 8.78. The van der Waals surface area contributed by atoms with Crippen LogP contribution in [-0.4, -0.2) is 19.5 Å². The SMILES string of the molecule is c1ccc(-c2ccc(-c3nc(-c4ccc(-n5c6ccc(-c7ccccc7)cc6c6cc(-c7ccccc7)ccc65)c(-c5ccccc5)c4)nc(-c4ccc5c(c4)oc4ccccc45)n3)cc2)cc1. The van der Waals surface area contributed by atoms with Gasteiger partial charge in [0.25, 0.3) is 0 Å². The number of hydrogen-bond donors (Lipinski definition) is 0. The molecule has 13 rings (SSSR count). The van der Waals surface area contributed by atoms with Gasteiger partial charge in [-0.05, 0) is 99.6 Å². The fourth-order valence-electron chi connectivity index (χ4n) is 9.69. The quantitative estimate of drug-likeness (QED) is 0.153. The summed E-state index contributed by atoms with van der Waals surface area (Å²) in [6.45, 7) is 0. The van der Waals surface area contributed by atoms with E-state index in [1.807, 2.05) is 30.3 Å². The van der Waals surface area contributed by atoms with Crippen molar-refractivity contribution in [3.8, 4) is 84.4 Å². The normalized spacial score (nSPS) is 11.5. The van der Waals surface area contributed by atoms with Gasteiger partial charge in [-0.3, -0.25) is 0 Å². The topological polar surface area (TPSA) is 56.7 Å². The minimum atomic E-state index is 0.565. The molecule has 10 aromatic carbocycles. The van der Waals surface area contributed by atoms with Crippen LogP contribution in [0.25, 0.3) is 128 Å². The Kier molecular flexibility index (Phi) is 9.43. The van der Waals surface area contributed by atoms with Crippen molar-refractivity contribution in [2.24, 2.45) is 0 Å². The lowest BCUT2D eigenvalue weighted by Gasteiger charge is -2.16. The van der Waals surface area contributed by atoms with E-state index in [2.05, 4.69) is 217 Å². The molecular formula is C63H40N4O. The number of furan rings is 1. The first-order valence-electron chi connectivity index (χ1n) is 22.9. The van der Waals surface area contributed by atoms with Gasteiger partial charge in [0, 0.05) is 43.8 Å². The molecule has 3 aromatic heterocycles. The number of nitrogens with zero attached hydrogens (tertiary/aromatic N) is 4. The highest BCUT2D eigenvalue weighted by Gasteiger charge is 2.21. The predicted molar refractivity (Wildman–Crippen MR) is 279 cm³/mol. The molecule has 0 fully saturated rings. The Labute approximate surface area is 392 Å². The summed E-state index contributed by atoms with van der Waals surface area (Å²) in [6, 6.07) is 85.4. The maximum Gasteiger partial charge on any atom is 0.164 e. The van der Waals surface area contributed by atoms with Crippen LogP contribution in [0.15, 0.2) is 247 Å². The number of benzene rings is 10. The number of para-hydroxylation sites is 1. The van der Waals surface area contributed by atoms with Gasteiger partial charge in [-0.2, -0.15) is 0 Å². The fraction of sp³-hybridized carbons (Fsp3) is 0. The average molecular weight is 869 g/mol. The van der Waals surface area contributed by atoms with E-state index in [9.17, 15) is 0 Å². The van der Waals surface area contributed by atoms with Crippen molar-refractivity contribution in [2.45, 2.75) is 0 Å². The summed E-state index contributed by atoms with van der Waals surface area (Å²) in [6.07, 6.45) is 0. The standard InChI is InChI=1S/C63H40N4O/c1-5-15-41(16-6-1)44-25-27-46(28-26-44)61-64-62(66-63(65-61)50-29-33-52-51-23-13-14-24-59(51)68-60(52)40-50)49-32-36-56(53(39-49)45-21-11-4-12-22-45)67-57-34-30-47(42-17-7-2-8-18-42)37-54(57)55-38-48(31-35-58(55)67)43-19-9-3-10-20-43/h1-40H. The number of aromatic nitrogens is 4. The summed E-state index contributed by atoms with van der Waals surface area (Å²) in [5, 5.41) is 4.51. The second-order valence-electron chi connectivity index (χ2n) is 17.2. The molecule has 0 saturated heterocycles. The first-order valence-corrected chi connectivity index (χ1v) is 22.9. The molecule has 0 aliphatic rings. The van der Waals surface area contributed by atoms with Crippen molar-refractivity contribution < 1.29 is 4.42 Å². The molecule has 3 heterocycles. The van der Waals surface area contributed by atoms with Crippen LogP contribution >= 0.6 is 0 Å². The third kappa shape index (κ3) is 6.93. The van der Waals surface area contributed by atoms with Crippen LogP contribution in [0.1, 0.15) is 0 Å². The third-order valence-electron chi connectivity index (χ3n) is 13.1. The minimum absolute atomic E-state index is 0.565. The molecule has 0 atom stereocenters. The largest absolute Gasteiger partial charge is 0.456 e. The zero-order valence-electron chi connectivity index (χ0n) is 36.8. The van der Waals surface area contributed by atoms with Crippen molar-refractivity contribution in [1.82, 2.24) is 19.5 Å². The van der Waals surface area contributed by atoms with Crippen LogP contribution in [0.2, 0.25) is 0 Å². The first kappa shape index (κ1) is 39.2. The van der Waals surface area contributed by atoms with Gasteiger partial charge in [-0.1, -0.05) is 182 Å². The van der Waals surface area contributed by atoms with Crippen LogP contribution in [-0.2, 0) is 0 Å². The van der Waals surface area contributed by atoms with Gasteiger partial charge in [-0.25, -0.2) is 15.0 Å². The van der Waals surface area contributed by atoms with E-state index in [1.165, 1.54) is 33.0 Å². The van der Waals surface area contributed by atoms with Gasteiger partial charge in [0.05, 0.1) is 16.7 Å². The van der Waals surface area contributed by atoms with E-state index in [1.54, 1.807) is 0 Å². The summed E-state index contributed by atoms with van der Waals surface area (Å²) in [5.74, 6) is 1.73. The fourth-order valence-corrected chi connectivity index (χ4v) is 9.69. The second kappa shape index (κ2) is 16.4. The summed E-state index contributed by atoms with van der Waals surface area (Å²) in [4.78, 5) is 15.7. The second-order valence-corrected chi connectivity index (χ2v) is 17.2. The Bertz CT molecular complexity index is 3890. The molecule has 5 nitrogen and oxygen atoms in total. The summed E-state index contributed by atoms with van der Waals surface area (Å²) in [7, 11) is 0. The summed E-state index contributed by atoms with van der Waals surface area (Å²) in [5.41, 5.74) is 16.7. The maximum absolute atomic E-state index is 6.36. The Hall–Kier alpha value is -9.19. The Morgan fingerprint density at radius 2 is 0.676 bits per heavy atom. The lowest BCUT2D eigenvalue weighted by molar-refractivity contribution is 0.669. The average Bonchev–Trinajstić information content (AvgIpc) is 3.96. The van der Waals surface area contributed by atoms with E-state index in [-0.39, 0.29) is 0 Å². The van der Waals surface area contributed by atoms with Gasteiger partial charge in [-0.15, -0.1) is 0 Å². The maximum atomic E-state index is 6.36. The van der Waals surface area contributed by atoms with E-state index >= 15 is 0 Å².